The van der Waals surface area contributed by atoms with Crippen LogP contribution in [0.3, 0.4) is 0 Å². The molecule has 0 aliphatic heterocycles. The van der Waals surface area contributed by atoms with E-state index in [9.17, 15) is 18.0 Å². The molecular formula is C14H18ClNO5S. The third-order valence-electron chi connectivity index (χ3n) is 3.29. The van der Waals surface area contributed by atoms with Crippen molar-refractivity contribution in [2.45, 2.75) is 31.2 Å². The number of carboxylic acid groups (broad SMARTS) is 1. The van der Waals surface area contributed by atoms with E-state index < -0.39 is 33.5 Å². The number of amides is 1. The van der Waals surface area contributed by atoms with E-state index in [4.69, 9.17) is 16.7 Å². The van der Waals surface area contributed by atoms with Gasteiger partial charge in [-0.2, -0.15) is 0 Å². The Bertz CT molecular complexity index is 642. The van der Waals surface area contributed by atoms with Gasteiger partial charge < -0.3 is 10.4 Å². The number of sulfone groups is 1. The van der Waals surface area contributed by atoms with E-state index >= 15 is 0 Å². The minimum absolute atomic E-state index is 0.0394. The fourth-order valence-corrected chi connectivity index (χ4v) is 3.07. The Hall–Kier alpha value is -1.60. The third-order valence-corrected chi connectivity index (χ3v) is 5.17. The second-order valence-electron chi connectivity index (χ2n) is 4.98. The number of halogens is 1. The van der Waals surface area contributed by atoms with Crippen LogP contribution in [0.2, 0.25) is 5.02 Å². The molecule has 1 aromatic rings. The van der Waals surface area contributed by atoms with Crippen molar-refractivity contribution in [1.29, 1.82) is 0 Å². The van der Waals surface area contributed by atoms with Crippen molar-refractivity contribution in [2.24, 2.45) is 5.92 Å². The minimum atomic E-state index is -3.84. The van der Waals surface area contributed by atoms with Gasteiger partial charge in [0.2, 0.25) is 5.91 Å². The highest BCUT2D eigenvalue weighted by Gasteiger charge is 2.27. The Kier molecular flexibility index (Phi) is 6.37. The maximum absolute atomic E-state index is 12.1. The van der Waals surface area contributed by atoms with Crippen molar-refractivity contribution in [3.8, 4) is 0 Å². The summed E-state index contributed by atoms with van der Waals surface area (Å²) in [5.74, 6) is -3.15. The summed E-state index contributed by atoms with van der Waals surface area (Å²) < 4.78 is 24.2. The van der Waals surface area contributed by atoms with Gasteiger partial charge in [-0.1, -0.05) is 31.9 Å². The highest BCUT2D eigenvalue weighted by atomic mass is 35.5. The predicted molar refractivity (Wildman–Crippen MR) is 82.5 cm³/mol. The first-order valence-corrected chi connectivity index (χ1v) is 8.71. The van der Waals surface area contributed by atoms with Gasteiger partial charge in [0, 0.05) is 5.02 Å². The molecule has 0 unspecified atom stereocenters. The average Bonchev–Trinajstić information content (AvgIpc) is 2.43. The van der Waals surface area contributed by atoms with E-state index in [2.05, 4.69) is 5.32 Å². The number of aliphatic carboxylic acids is 1. The second-order valence-corrected chi connectivity index (χ2v) is 7.41. The topological polar surface area (TPSA) is 101 Å². The number of rotatable bonds is 7. The number of benzene rings is 1. The first kappa shape index (κ1) is 18.4. The van der Waals surface area contributed by atoms with Gasteiger partial charge in [0.15, 0.2) is 9.84 Å². The van der Waals surface area contributed by atoms with Crippen molar-refractivity contribution in [1.82, 2.24) is 5.32 Å². The average molecular weight is 348 g/mol. The molecule has 0 fully saturated rings. The van der Waals surface area contributed by atoms with E-state index in [1.54, 1.807) is 13.8 Å². The molecule has 0 spiro atoms. The maximum Gasteiger partial charge on any atom is 0.326 e. The molecule has 22 heavy (non-hydrogen) atoms. The minimum Gasteiger partial charge on any atom is -0.480 e. The Labute approximate surface area is 134 Å². The lowest BCUT2D eigenvalue weighted by atomic mass is 9.99. The number of carbonyl (C=O) groups is 2. The molecule has 1 amide bonds. The summed E-state index contributed by atoms with van der Waals surface area (Å²) in [5.41, 5.74) is 0. The molecule has 1 rings (SSSR count). The lowest BCUT2D eigenvalue weighted by Gasteiger charge is -2.20. The van der Waals surface area contributed by atoms with Crippen molar-refractivity contribution in [3.63, 3.8) is 0 Å². The molecule has 0 radical (unpaired) electrons. The van der Waals surface area contributed by atoms with Crippen LogP contribution in [-0.4, -0.2) is 37.2 Å². The molecule has 0 saturated heterocycles. The monoisotopic (exact) mass is 347 g/mol. The molecule has 1 aromatic carbocycles. The summed E-state index contributed by atoms with van der Waals surface area (Å²) in [6.45, 7) is 3.46. The molecule has 0 aliphatic carbocycles. The lowest BCUT2D eigenvalue weighted by molar-refractivity contribution is -0.143. The SMILES string of the molecule is CC[C@H](C)[C@H](NC(=O)CS(=O)(=O)c1ccc(Cl)cc1)C(=O)O. The molecule has 0 saturated carbocycles. The molecule has 0 aromatic heterocycles. The number of carboxylic acids is 1. The quantitative estimate of drug-likeness (QED) is 0.782. The fourth-order valence-electron chi connectivity index (χ4n) is 1.80. The smallest absolute Gasteiger partial charge is 0.326 e. The molecule has 8 heteroatoms. The van der Waals surface area contributed by atoms with Crippen molar-refractivity contribution < 1.29 is 23.1 Å². The number of hydrogen-bond acceptors (Lipinski definition) is 4. The molecule has 6 nitrogen and oxygen atoms in total. The van der Waals surface area contributed by atoms with Crippen LogP contribution in [0.4, 0.5) is 0 Å². The summed E-state index contributed by atoms with van der Waals surface area (Å²) in [5, 5.41) is 11.7. The van der Waals surface area contributed by atoms with Gasteiger partial charge in [-0.25, -0.2) is 13.2 Å². The number of nitrogens with one attached hydrogen (secondary N) is 1. The Morgan fingerprint density at radius 3 is 2.27 bits per heavy atom. The molecular weight excluding hydrogens is 330 g/mol. The Morgan fingerprint density at radius 1 is 1.27 bits per heavy atom. The van der Waals surface area contributed by atoms with E-state index in [1.165, 1.54) is 24.3 Å². The van der Waals surface area contributed by atoms with Crippen LogP contribution in [0, 0.1) is 5.92 Å². The molecule has 0 heterocycles. The van der Waals surface area contributed by atoms with Gasteiger partial charge >= 0.3 is 5.97 Å². The van der Waals surface area contributed by atoms with Gasteiger partial charge in [-0.05, 0) is 30.2 Å². The fraction of sp³-hybridized carbons (Fsp3) is 0.429. The van der Waals surface area contributed by atoms with Crippen LogP contribution in [-0.2, 0) is 19.4 Å². The normalized spacial score (nSPS) is 14.1. The summed E-state index contributed by atoms with van der Waals surface area (Å²) in [6, 6.07) is 4.30. The van der Waals surface area contributed by atoms with Gasteiger partial charge in [0.1, 0.15) is 11.8 Å². The second kappa shape index (κ2) is 7.60. The van der Waals surface area contributed by atoms with Gasteiger partial charge in [0.25, 0.3) is 0 Å². The van der Waals surface area contributed by atoms with E-state index in [0.29, 0.717) is 11.4 Å². The predicted octanol–water partition coefficient (Wildman–Crippen LogP) is 1.73. The molecule has 0 bridgehead atoms. The zero-order valence-electron chi connectivity index (χ0n) is 12.2. The molecule has 0 aliphatic rings. The van der Waals surface area contributed by atoms with Crippen molar-refractivity contribution in [2.75, 3.05) is 5.75 Å². The molecule has 2 N–H and O–H groups in total. The number of carbonyl (C=O) groups excluding carboxylic acids is 1. The van der Waals surface area contributed by atoms with Crippen molar-refractivity contribution in [3.05, 3.63) is 29.3 Å². The highest BCUT2D eigenvalue weighted by molar-refractivity contribution is 7.92. The first-order valence-electron chi connectivity index (χ1n) is 6.68. The third kappa shape index (κ3) is 4.99. The van der Waals surface area contributed by atoms with Gasteiger partial charge in [0.05, 0.1) is 4.90 Å². The maximum atomic E-state index is 12.1. The zero-order valence-corrected chi connectivity index (χ0v) is 13.8. The van der Waals surface area contributed by atoms with Crippen LogP contribution in [0.5, 0.6) is 0 Å². The Balaban J connectivity index is 2.82. The standard InChI is InChI=1S/C14H18ClNO5S/c1-3-9(2)13(14(18)19)16-12(17)8-22(20,21)11-6-4-10(15)5-7-11/h4-7,9,13H,3,8H2,1-2H3,(H,16,17)(H,18,19)/t9-,13-/m0/s1. The van der Waals surface area contributed by atoms with E-state index in [1.807, 2.05) is 0 Å². The summed E-state index contributed by atoms with van der Waals surface area (Å²) in [6.07, 6.45) is 0.543. The number of hydrogen-bond donors (Lipinski definition) is 2. The highest BCUT2D eigenvalue weighted by Crippen LogP contribution is 2.15. The first-order chi connectivity index (χ1) is 10.2. The zero-order chi connectivity index (χ0) is 16.9. The van der Waals surface area contributed by atoms with Crippen LogP contribution in [0.15, 0.2) is 29.2 Å². The molecule has 122 valence electrons. The lowest BCUT2D eigenvalue weighted by Crippen LogP contribution is -2.46. The van der Waals surface area contributed by atoms with E-state index in [0.717, 1.165) is 0 Å². The van der Waals surface area contributed by atoms with Gasteiger partial charge in [-0.3, -0.25) is 4.79 Å². The van der Waals surface area contributed by atoms with Crippen molar-refractivity contribution >= 4 is 33.3 Å². The summed E-state index contributed by atoms with van der Waals surface area (Å²) >= 11 is 5.68. The Morgan fingerprint density at radius 2 is 1.82 bits per heavy atom. The van der Waals surface area contributed by atoms with Gasteiger partial charge in [-0.15, -0.1) is 0 Å². The summed E-state index contributed by atoms with van der Waals surface area (Å²) in [7, 11) is -3.84. The largest absolute Gasteiger partial charge is 0.480 e. The van der Waals surface area contributed by atoms with Crippen LogP contribution >= 0.6 is 11.6 Å². The van der Waals surface area contributed by atoms with Crippen LogP contribution in [0.1, 0.15) is 20.3 Å². The van der Waals surface area contributed by atoms with E-state index in [-0.39, 0.29) is 10.8 Å². The summed E-state index contributed by atoms with van der Waals surface area (Å²) in [4.78, 5) is 22.9. The molecule has 2 atom stereocenters. The van der Waals surface area contributed by atoms with Crippen LogP contribution < -0.4 is 5.32 Å². The van der Waals surface area contributed by atoms with Crippen LogP contribution in [0.25, 0.3) is 0 Å².